The minimum absolute atomic E-state index is 0.632. The van der Waals surface area contributed by atoms with Gasteiger partial charge in [-0.25, -0.2) is 4.98 Å². The van der Waals surface area contributed by atoms with Crippen molar-refractivity contribution in [3.63, 3.8) is 0 Å². The number of H-pyrrole nitrogens is 1. The molecule has 0 aromatic carbocycles. The zero-order chi connectivity index (χ0) is 13.2. The van der Waals surface area contributed by atoms with Crippen molar-refractivity contribution in [3.05, 3.63) is 30.1 Å². The van der Waals surface area contributed by atoms with Crippen LogP contribution in [0.25, 0.3) is 11.0 Å². The van der Waals surface area contributed by atoms with Crippen LogP contribution < -0.4 is 5.32 Å². The van der Waals surface area contributed by atoms with Gasteiger partial charge in [0.15, 0.2) is 0 Å². The van der Waals surface area contributed by atoms with E-state index >= 15 is 0 Å². The fourth-order valence-electron chi connectivity index (χ4n) is 2.89. The molecule has 0 bridgehead atoms. The molecular weight excluding hydrogens is 236 g/mol. The van der Waals surface area contributed by atoms with Gasteiger partial charge in [-0.15, -0.1) is 0 Å². The van der Waals surface area contributed by atoms with Crippen molar-refractivity contribution < 1.29 is 0 Å². The first kappa shape index (κ1) is 12.6. The first-order valence-electron chi connectivity index (χ1n) is 7.08. The highest BCUT2D eigenvalue weighted by molar-refractivity contribution is 5.79. The van der Waals surface area contributed by atoms with Gasteiger partial charge in [-0.1, -0.05) is 0 Å². The Bertz CT molecular complexity index is 548. The van der Waals surface area contributed by atoms with Crippen LogP contribution in [0.1, 0.15) is 25.3 Å². The molecule has 2 N–H and O–H groups in total. The molecular formula is C15H22N4. The Morgan fingerprint density at radius 2 is 2.42 bits per heavy atom. The van der Waals surface area contributed by atoms with E-state index in [9.17, 15) is 0 Å². The molecule has 0 aliphatic carbocycles. The predicted molar refractivity (Wildman–Crippen MR) is 78.0 cm³/mol. The highest BCUT2D eigenvalue weighted by atomic mass is 15.1. The Kier molecular flexibility index (Phi) is 3.53. The van der Waals surface area contributed by atoms with Crippen molar-refractivity contribution in [1.29, 1.82) is 0 Å². The summed E-state index contributed by atoms with van der Waals surface area (Å²) in [4.78, 5) is 10.00. The van der Waals surface area contributed by atoms with Crippen LogP contribution in [0.3, 0.4) is 0 Å². The third kappa shape index (κ3) is 2.65. The van der Waals surface area contributed by atoms with E-state index in [4.69, 9.17) is 0 Å². The molecule has 2 aromatic heterocycles. The SMILES string of the molecule is CC1CC(NCc2c[nH]c3ncccc23)CCN1C. The van der Waals surface area contributed by atoms with E-state index < -0.39 is 0 Å². The van der Waals surface area contributed by atoms with Crippen molar-refractivity contribution in [3.8, 4) is 0 Å². The van der Waals surface area contributed by atoms with Gasteiger partial charge in [-0.3, -0.25) is 0 Å². The van der Waals surface area contributed by atoms with E-state index in [1.807, 2.05) is 12.3 Å². The summed E-state index contributed by atoms with van der Waals surface area (Å²) < 4.78 is 0. The lowest BCUT2D eigenvalue weighted by molar-refractivity contribution is 0.168. The molecule has 3 rings (SSSR count). The lowest BCUT2D eigenvalue weighted by Crippen LogP contribution is -2.45. The van der Waals surface area contributed by atoms with Crippen molar-refractivity contribution >= 4 is 11.0 Å². The van der Waals surface area contributed by atoms with Crippen molar-refractivity contribution in [2.75, 3.05) is 13.6 Å². The Labute approximate surface area is 114 Å². The standard InChI is InChI=1S/C15H22N4/c1-11-8-13(5-7-19(11)2)17-9-12-10-18-15-14(12)4-3-6-16-15/h3-4,6,10-11,13,17H,5,7-9H2,1-2H3,(H,16,18). The summed E-state index contributed by atoms with van der Waals surface area (Å²) in [5, 5.41) is 4.93. The maximum atomic E-state index is 4.33. The Balaban J connectivity index is 1.63. The van der Waals surface area contributed by atoms with E-state index in [0.29, 0.717) is 12.1 Å². The number of aromatic amines is 1. The number of pyridine rings is 1. The monoisotopic (exact) mass is 258 g/mol. The third-order valence-electron chi connectivity index (χ3n) is 4.33. The fourth-order valence-corrected chi connectivity index (χ4v) is 2.89. The lowest BCUT2D eigenvalue weighted by atomic mass is 9.99. The number of piperidine rings is 1. The molecule has 2 atom stereocenters. The summed E-state index contributed by atoms with van der Waals surface area (Å²) in [5.74, 6) is 0. The number of nitrogens with one attached hydrogen (secondary N) is 2. The molecule has 0 spiro atoms. The second-order valence-electron chi connectivity index (χ2n) is 5.65. The van der Waals surface area contributed by atoms with Gasteiger partial charge in [0.05, 0.1) is 0 Å². The van der Waals surface area contributed by atoms with Gasteiger partial charge in [-0.05, 0) is 51.1 Å². The molecule has 0 amide bonds. The second-order valence-corrected chi connectivity index (χ2v) is 5.65. The molecule has 1 aliphatic rings. The van der Waals surface area contributed by atoms with Crippen LogP contribution in [0.15, 0.2) is 24.5 Å². The van der Waals surface area contributed by atoms with Crippen LogP contribution in [-0.4, -0.2) is 40.5 Å². The van der Waals surface area contributed by atoms with Gasteiger partial charge < -0.3 is 15.2 Å². The molecule has 2 unspecified atom stereocenters. The summed E-state index contributed by atoms with van der Waals surface area (Å²) in [7, 11) is 2.21. The van der Waals surface area contributed by atoms with Gasteiger partial charge in [0.25, 0.3) is 0 Å². The number of hydrogen-bond donors (Lipinski definition) is 2. The zero-order valence-corrected chi connectivity index (χ0v) is 11.7. The molecule has 3 heterocycles. The molecule has 1 aliphatic heterocycles. The molecule has 4 heteroatoms. The van der Waals surface area contributed by atoms with Gasteiger partial charge in [-0.2, -0.15) is 0 Å². The molecule has 0 saturated carbocycles. The number of nitrogens with zero attached hydrogens (tertiary/aromatic N) is 2. The lowest BCUT2D eigenvalue weighted by Gasteiger charge is -2.35. The smallest absolute Gasteiger partial charge is 0.137 e. The van der Waals surface area contributed by atoms with E-state index in [1.165, 1.54) is 30.3 Å². The van der Waals surface area contributed by atoms with Gasteiger partial charge in [0, 0.05) is 36.4 Å². The van der Waals surface area contributed by atoms with Crippen molar-refractivity contribution in [1.82, 2.24) is 20.2 Å². The molecule has 2 aromatic rings. The highest BCUT2D eigenvalue weighted by Crippen LogP contribution is 2.18. The quantitative estimate of drug-likeness (QED) is 0.886. The minimum atomic E-state index is 0.632. The van der Waals surface area contributed by atoms with Gasteiger partial charge >= 0.3 is 0 Å². The first-order chi connectivity index (χ1) is 9.24. The second kappa shape index (κ2) is 5.31. The number of fused-ring (bicyclic) bond motifs is 1. The molecule has 19 heavy (non-hydrogen) atoms. The summed E-state index contributed by atoms with van der Waals surface area (Å²) in [6.45, 7) is 4.42. The average molecular weight is 258 g/mol. The van der Waals surface area contributed by atoms with Crippen LogP contribution in [-0.2, 0) is 6.54 Å². The van der Waals surface area contributed by atoms with Crippen LogP contribution in [0.2, 0.25) is 0 Å². The van der Waals surface area contributed by atoms with E-state index in [0.717, 1.165) is 12.2 Å². The number of rotatable bonds is 3. The van der Waals surface area contributed by atoms with Gasteiger partial charge in [0.1, 0.15) is 5.65 Å². The minimum Gasteiger partial charge on any atom is -0.346 e. The van der Waals surface area contributed by atoms with Crippen LogP contribution in [0.5, 0.6) is 0 Å². The summed E-state index contributed by atoms with van der Waals surface area (Å²) in [6.07, 6.45) is 6.37. The summed E-state index contributed by atoms with van der Waals surface area (Å²) in [5.41, 5.74) is 2.30. The third-order valence-corrected chi connectivity index (χ3v) is 4.33. The average Bonchev–Trinajstić information content (AvgIpc) is 2.83. The van der Waals surface area contributed by atoms with Crippen LogP contribution in [0.4, 0.5) is 0 Å². The molecule has 4 nitrogen and oxygen atoms in total. The summed E-state index contributed by atoms with van der Waals surface area (Å²) >= 11 is 0. The Morgan fingerprint density at radius 3 is 3.26 bits per heavy atom. The predicted octanol–water partition coefficient (Wildman–Crippen LogP) is 2.14. The molecule has 1 fully saturated rings. The number of likely N-dealkylation sites (tertiary alicyclic amines) is 1. The largest absolute Gasteiger partial charge is 0.346 e. The number of hydrogen-bond acceptors (Lipinski definition) is 3. The van der Waals surface area contributed by atoms with Crippen molar-refractivity contribution in [2.45, 2.75) is 38.4 Å². The Morgan fingerprint density at radius 1 is 1.53 bits per heavy atom. The van der Waals surface area contributed by atoms with Crippen LogP contribution in [0, 0.1) is 0 Å². The van der Waals surface area contributed by atoms with Crippen LogP contribution >= 0.6 is 0 Å². The van der Waals surface area contributed by atoms with E-state index in [2.05, 4.69) is 46.4 Å². The molecule has 0 radical (unpaired) electrons. The fraction of sp³-hybridized carbons (Fsp3) is 0.533. The van der Waals surface area contributed by atoms with Gasteiger partial charge in [0.2, 0.25) is 0 Å². The maximum Gasteiger partial charge on any atom is 0.137 e. The first-order valence-corrected chi connectivity index (χ1v) is 7.08. The maximum absolute atomic E-state index is 4.33. The normalized spacial score (nSPS) is 24.9. The number of aromatic nitrogens is 2. The zero-order valence-electron chi connectivity index (χ0n) is 11.7. The molecule has 102 valence electrons. The van der Waals surface area contributed by atoms with E-state index in [1.54, 1.807) is 0 Å². The van der Waals surface area contributed by atoms with Crippen molar-refractivity contribution in [2.24, 2.45) is 0 Å². The van der Waals surface area contributed by atoms with E-state index in [-0.39, 0.29) is 0 Å². The highest BCUT2D eigenvalue weighted by Gasteiger charge is 2.22. The topological polar surface area (TPSA) is 44.0 Å². The summed E-state index contributed by atoms with van der Waals surface area (Å²) in [6, 6.07) is 5.44. The Hall–Kier alpha value is -1.39. The molecule has 1 saturated heterocycles.